The molecule has 0 amide bonds. The highest BCUT2D eigenvalue weighted by Crippen LogP contribution is 2.36. The quantitative estimate of drug-likeness (QED) is 0.749. The molecular weight excluding hydrogens is 230 g/mol. The molecule has 0 radical (unpaired) electrons. The van der Waals surface area contributed by atoms with Gasteiger partial charge in [0.2, 0.25) is 0 Å². The van der Waals surface area contributed by atoms with Gasteiger partial charge < -0.3 is 9.47 Å². The third-order valence-electron chi connectivity index (χ3n) is 3.11. The first-order valence-corrected chi connectivity index (χ1v) is 6.51. The van der Waals surface area contributed by atoms with Crippen molar-refractivity contribution in [1.82, 2.24) is 0 Å². The first-order chi connectivity index (χ1) is 8.76. The second-order valence-corrected chi connectivity index (χ2v) is 4.58. The Labute approximate surface area is 107 Å². The summed E-state index contributed by atoms with van der Waals surface area (Å²) in [7, 11) is 0. The molecule has 0 saturated carbocycles. The molecule has 0 aliphatic carbocycles. The van der Waals surface area contributed by atoms with Crippen molar-refractivity contribution >= 4 is 0 Å². The van der Waals surface area contributed by atoms with E-state index in [2.05, 4.69) is 12.1 Å². The second kappa shape index (κ2) is 5.85. The molecule has 0 bridgehead atoms. The van der Waals surface area contributed by atoms with Crippen LogP contribution in [0.4, 0.5) is 0 Å². The van der Waals surface area contributed by atoms with Crippen LogP contribution in [-0.4, -0.2) is 13.2 Å². The molecule has 0 spiro atoms. The van der Waals surface area contributed by atoms with E-state index in [1.165, 1.54) is 0 Å². The van der Waals surface area contributed by atoms with Gasteiger partial charge in [0.25, 0.3) is 0 Å². The molecular formula is C14H19NO3. The molecule has 98 valence electrons. The van der Waals surface area contributed by atoms with Gasteiger partial charge in [-0.25, -0.2) is 0 Å². The molecule has 1 atom stereocenters. The molecule has 1 aliphatic heterocycles. The molecule has 0 aromatic heterocycles. The van der Waals surface area contributed by atoms with Crippen LogP contribution in [0, 0.1) is 4.91 Å². The zero-order valence-corrected chi connectivity index (χ0v) is 10.9. The standard InChI is InChI=1S/C14H19NO3/c1-3-6-17-14-9-13-11(5-4-7-18-13)8-12(14)10(2)15-16/h8-10H,3-7H2,1-2H3. The summed E-state index contributed by atoms with van der Waals surface area (Å²) < 4.78 is 11.3. The molecule has 4 nitrogen and oxygen atoms in total. The highest BCUT2D eigenvalue weighted by molar-refractivity contribution is 5.48. The number of benzene rings is 1. The van der Waals surface area contributed by atoms with E-state index in [1.807, 2.05) is 12.1 Å². The monoisotopic (exact) mass is 249 g/mol. The highest BCUT2D eigenvalue weighted by atomic mass is 16.5. The van der Waals surface area contributed by atoms with Gasteiger partial charge in [-0.15, -0.1) is 0 Å². The van der Waals surface area contributed by atoms with Crippen LogP contribution in [0.3, 0.4) is 0 Å². The summed E-state index contributed by atoms with van der Waals surface area (Å²) in [4.78, 5) is 10.8. The van der Waals surface area contributed by atoms with Crippen LogP contribution >= 0.6 is 0 Å². The second-order valence-electron chi connectivity index (χ2n) is 4.58. The Bertz CT molecular complexity index is 431. The largest absolute Gasteiger partial charge is 0.493 e. The Morgan fingerprint density at radius 3 is 3.06 bits per heavy atom. The minimum absolute atomic E-state index is 0.385. The molecule has 1 heterocycles. The number of hydrogen-bond donors (Lipinski definition) is 0. The fourth-order valence-corrected chi connectivity index (χ4v) is 2.12. The van der Waals surface area contributed by atoms with Crippen LogP contribution in [0.5, 0.6) is 11.5 Å². The van der Waals surface area contributed by atoms with Gasteiger partial charge in [0, 0.05) is 11.6 Å². The number of nitroso groups, excluding NO2 is 1. The van der Waals surface area contributed by atoms with E-state index in [4.69, 9.17) is 9.47 Å². The summed E-state index contributed by atoms with van der Waals surface area (Å²) in [6.45, 7) is 5.23. The fraction of sp³-hybridized carbons (Fsp3) is 0.571. The lowest BCUT2D eigenvalue weighted by Crippen LogP contribution is -2.10. The Morgan fingerprint density at radius 1 is 1.50 bits per heavy atom. The van der Waals surface area contributed by atoms with Crippen molar-refractivity contribution in [3.8, 4) is 11.5 Å². The molecule has 18 heavy (non-hydrogen) atoms. The number of fused-ring (bicyclic) bond motifs is 1. The van der Waals surface area contributed by atoms with Crippen LogP contribution in [-0.2, 0) is 6.42 Å². The highest BCUT2D eigenvalue weighted by Gasteiger charge is 2.19. The number of hydrogen-bond acceptors (Lipinski definition) is 4. The Kier molecular flexibility index (Phi) is 4.18. The van der Waals surface area contributed by atoms with Gasteiger partial charge in [-0.05, 0) is 37.8 Å². The average molecular weight is 249 g/mol. The van der Waals surface area contributed by atoms with Gasteiger partial charge in [-0.3, -0.25) is 0 Å². The molecule has 2 rings (SSSR count). The van der Waals surface area contributed by atoms with Crippen molar-refractivity contribution in [3.05, 3.63) is 28.2 Å². The lowest BCUT2D eigenvalue weighted by Gasteiger charge is -2.21. The van der Waals surface area contributed by atoms with Crippen molar-refractivity contribution in [2.24, 2.45) is 5.18 Å². The van der Waals surface area contributed by atoms with E-state index in [9.17, 15) is 4.91 Å². The Morgan fingerprint density at radius 2 is 2.33 bits per heavy atom. The molecule has 1 aromatic carbocycles. The lowest BCUT2D eigenvalue weighted by atomic mass is 9.99. The van der Waals surface area contributed by atoms with Crippen molar-refractivity contribution in [2.45, 2.75) is 39.2 Å². The van der Waals surface area contributed by atoms with Crippen LogP contribution in [0.25, 0.3) is 0 Å². The predicted octanol–water partition coefficient (Wildman–Crippen LogP) is 3.63. The molecule has 0 N–H and O–H groups in total. The summed E-state index contributed by atoms with van der Waals surface area (Å²) in [5.41, 5.74) is 2.01. The van der Waals surface area contributed by atoms with Gasteiger partial charge in [-0.1, -0.05) is 12.1 Å². The number of rotatable bonds is 5. The SMILES string of the molecule is CCCOc1cc2c(cc1C(C)N=O)CCCO2. The smallest absolute Gasteiger partial charge is 0.128 e. The van der Waals surface area contributed by atoms with E-state index in [-0.39, 0.29) is 6.04 Å². The van der Waals surface area contributed by atoms with Crippen LogP contribution in [0.2, 0.25) is 0 Å². The van der Waals surface area contributed by atoms with Crippen LogP contribution < -0.4 is 9.47 Å². The zero-order valence-electron chi connectivity index (χ0n) is 10.9. The van der Waals surface area contributed by atoms with Crippen molar-refractivity contribution in [1.29, 1.82) is 0 Å². The summed E-state index contributed by atoms with van der Waals surface area (Å²) in [6.07, 6.45) is 2.94. The van der Waals surface area contributed by atoms with Crippen molar-refractivity contribution < 1.29 is 9.47 Å². The minimum Gasteiger partial charge on any atom is -0.493 e. The fourth-order valence-electron chi connectivity index (χ4n) is 2.12. The van der Waals surface area contributed by atoms with E-state index in [0.717, 1.165) is 48.5 Å². The third kappa shape index (κ3) is 2.63. The number of ether oxygens (including phenoxy) is 2. The molecule has 1 aliphatic rings. The predicted molar refractivity (Wildman–Crippen MR) is 70.3 cm³/mol. The normalized spacial score (nSPS) is 15.4. The molecule has 1 aromatic rings. The minimum atomic E-state index is -0.385. The Hall–Kier alpha value is -1.58. The van der Waals surface area contributed by atoms with Gasteiger partial charge in [0.1, 0.15) is 17.5 Å². The first kappa shape index (κ1) is 12.9. The van der Waals surface area contributed by atoms with E-state index in [1.54, 1.807) is 6.92 Å². The summed E-state index contributed by atoms with van der Waals surface area (Å²) in [5.74, 6) is 1.61. The Balaban J connectivity index is 2.37. The molecule has 4 heteroatoms. The first-order valence-electron chi connectivity index (χ1n) is 6.51. The van der Waals surface area contributed by atoms with E-state index < -0.39 is 0 Å². The van der Waals surface area contributed by atoms with Crippen molar-refractivity contribution in [2.75, 3.05) is 13.2 Å². The lowest BCUT2D eigenvalue weighted by molar-refractivity contribution is 0.279. The maximum atomic E-state index is 10.8. The summed E-state index contributed by atoms with van der Waals surface area (Å²) >= 11 is 0. The molecule has 1 unspecified atom stereocenters. The van der Waals surface area contributed by atoms with Gasteiger partial charge in [-0.2, -0.15) is 4.91 Å². The van der Waals surface area contributed by atoms with Gasteiger partial charge in [0.05, 0.1) is 13.2 Å². The van der Waals surface area contributed by atoms with Crippen LogP contribution in [0.15, 0.2) is 17.3 Å². The summed E-state index contributed by atoms with van der Waals surface area (Å²) in [5, 5.41) is 3.11. The average Bonchev–Trinajstić information content (AvgIpc) is 2.43. The van der Waals surface area contributed by atoms with E-state index in [0.29, 0.717) is 6.61 Å². The van der Waals surface area contributed by atoms with Gasteiger partial charge in [0.15, 0.2) is 0 Å². The number of nitrogens with zero attached hydrogens (tertiary/aromatic N) is 1. The molecule has 0 fully saturated rings. The van der Waals surface area contributed by atoms with Gasteiger partial charge >= 0.3 is 0 Å². The maximum Gasteiger partial charge on any atom is 0.128 e. The summed E-state index contributed by atoms with van der Waals surface area (Å²) in [6, 6.07) is 3.52. The third-order valence-corrected chi connectivity index (χ3v) is 3.11. The topological polar surface area (TPSA) is 47.9 Å². The molecule has 0 saturated heterocycles. The van der Waals surface area contributed by atoms with E-state index >= 15 is 0 Å². The van der Waals surface area contributed by atoms with Crippen molar-refractivity contribution in [3.63, 3.8) is 0 Å². The zero-order chi connectivity index (χ0) is 13.0. The maximum absolute atomic E-state index is 10.8. The van der Waals surface area contributed by atoms with Crippen LogP contribution in [0.1, 0.15) is 43.9 Å². The number of aryl methyl sites for hydroxylation is 1.